The first-order chi connectivity index (χ1) is 8.27. The minimum atomic E-state index is 0.0172. The molecular formula is C14H21NO2. The van der Waals surface area contributed by atoms with Crippen molar-refractivity contribution >= 4 is 0 Å². The van der Waals surface area contributed by atoms with Crippen molar-refractivity contribution in [2.45, 2.75) is 31.7 Å². The van der Waals surface area contributed by atoms with Crippen LogP contribution in [0.15, 0.2) is 18.2 Å². The summed E-state index contributed by atoms with van der Waals surface area (Å²) < 4.78 is 10.8. The fourth-order valence-corrected chi connectivity index (χ4v) is 2.76. The number of ether oxygens (including phenoxy) is 2. The number of rotatable bonds is 4. The maximum Gasteiger partial charge on any atom is 0.127 e. The molecular weight excluding hydrogens is 214 g/mol. The molecule has 0 heterocycles. The Balaban J connectivity index is 2.33. The molecule has 0 radical (unpaired) electrons. The molecule has 1 fully saturated rings. The van der Waals surface area contributed by atoms with Crippen molar-refractivity contribution in [3.05, 3.63) is 23.8 Å². The lowest BCUT2D eigenvalue weighted by atomic mass is 9.91. The Hall–Kier alpha value is -1.22. The minimum absolute atomic E-state index is 0.0172. The van der Waals surface area contributed by atoms with Crippen molar-refractivity contribution in [1.82, 2.24) is 0 Å². The van der Waals surface area contributed by atoms with Crippen LogP contribution in [0.1, 0.15) is 37.3 Å². The third-order valence-corrected chi connectivity index (χ3v) is 3.71. The van der Waals surface area contributed by atoms with E-state index in [-0.39, 0.29) is 6.04 Å². The maximum atomic E-state index is 6.39. The lowest BCUT2D eigenvalue weighted by Crippen LogP contribution is -2.20. The largest absolute Gasteiger partial charge is 0.496 e. The van der Waals surface area contributed by atoms with Gasteiger partial charge in [-0.2, -0.15) is 0 Å². The molecule has 1 saturated carbocycles. The van der Waals surface area contributed by atoms with Gasteiger partial charge in [-0.25, -0.2) is 0 Å². The van der Waals surface area contributed by atoms with Gasteiger partial charge in [-0.05, 0) is 30.9 Å². The van der Waals surface area contributed by atoms with Crippen molar-refractivity contribution in [2.24, 2.45) is 11.7 Å². The van der Waals surface area contributed by atoms with Crippen molar-refractivity contribution in [2.75, 3.05) is 14.2 Å². The van der Waals surface area contributed by atoms with Gasteiger partial charge in [-0.1, -0.05) is 18.9 Å². The van der Waals surface area contributed by atoms with Crippen LogP contribution >= 0.6 is 0 Å². The summed E-state index contributed by atoms with van der Waals surface area (Å²) in [6.45, 7) is 0. The fraction of sp³-hybridized carbons (Fsp3) is 0.571. The summed E-state index contributed by atoms with van der Waals surface area (Å²) in [6, 6.07) is 5.85. The van der Waals surface area contributed by atoms with E-state index in [1.54, 1.807) is 14.2 Å². The molecule has 3 heteroatoms. The summed E-state index contributed by atoms with van der Waals surface area (Å²) in [7, 11) is 3.36. The molecule has 2 N–H and O–H groups in total. The van der Waals surface area contributed by atoms with Crippen molar-refractivity contribution in [3.8, 4) is 11.5 Å². The van der Waals surface area contributed by atoms with Crippen LogP contribution in [0.2, 0.25) is 0 Å². The highest BCUT2D eigenvalue weighted by Crippen LogP contribution is 2.41. The van der Waals surface area contributed by atoms with Gasteiger partial charge < -0.3 is 15.2 Å². The number of nitrogens with two attached hydrogens (primary N) is 1. The number of hydrogen-bond acceptors (Lipinski definition) is 3. The van der Waals surface area contributed by atoms with Gasteiger partial charge in [0, 0.05) is 6.04 Å². The van der Waals surface area contributed by atoms with Gasteiger partial charge in [-0.15, -0.1) is 0 Å². The van der Waals surface area contributed by atoms with Crippen LogP contribution in [0.4, 0.5) is 0 Å². The van der Waals surface area contributed by atoms with Crippen LogP contribution in [-0.4, -0.2) is 14.2 Å². The quantitative estimate of drug-likeness (QED) is 0.872. The lowest BCUT2D eigenvalue weighted by Gasteiger charge is -2.23. The smallest absolute Gasteiger partial charge is 0.127 e. The molecule has 1 aliphatic carbocycles. The second-order valence-electron chi connectivity index (χ2n) is 4.65. The van der Waals surface area contributed by atoms with Crippen LogP contribution in [0.25, 0.3) is 0 Å². The Morgan fingerprint density at radius 1 is 1.12 bits per heavy atom. The fourth-order valence-electron chi connectivity index (χ4n) is 2.76. The van der Waals surface area contributed by atoms with Crippen LogP contribution < -0.4 is 15.2 Å². The molecule has 0 amide bonds. The third-order valence-electron chi connectivity index (χ3n) is 3.71. The molecule has 17 heavy (non-hydrogen) atoms. The summed E-state index contributed by atoms with van der Waals surface area (Å²) >= 11 is 0. The second kappa shape index (κ2) is 5.41. The Morgan fingerprint density at radius 3 is 2.12 bits per heavy atom. The van der Waals surface area contributed by atoms with E-state index in [1.165, 1.54) is 25.7 Å². The van der Waals surface area contributed by atoms with Crippen molar-refractivity contribution < 1.29 is 9.47 Å². The summed E-state index contributed by atoms with van der Waals surface area (Å²) in [5.41, 5.74) is 7.41. The SMILES string of the molecule is COc1cccc(OC)c1C(N)C1CCCC1. The van der Waals surface area contributed by atoms with Crippen molar-refractivity contribution in [3.63, 3.8) is 0 Å². The average Bonchev–Trinajstić information content (AvgIpc) is 2.90. The first-order valence-corrected chi connectivity index (χ1v) is 6.24. The van der Waals surface area contributed by atoms with E-state index in [9.17, 15) is 0 Å². The molecule has 0 saturated heterocycles. The molecule has 1 aromatic rings. The molecule has 94 valence electrons. The normalized spacial score (nSPS) is 18.1. The molecule has 0 spiro atoms. The van der Waals surface area contributed by atoms with E-state index >= 15 is 0 Å². The number of benzene rings is 1. The van der Waals surface area contributed by atoms with Gasteiger partial charge in [0.2, 0.25) is 0 Å². The maximum absolute atomic E-state index is 6.39. The minimum Gasteiger partial charge on any atom is -0.496 e. The molecule has 3 nitrogen and oxygen atoms in total. The van der Waals surface area contributed by atoms with Crippen molar-refractivity contribution in [1.29, 1.82) is 0 Å². The molecule has 1 aliphatic rings. The summed E-state index contributed by atoms with van der Waals surface area (Å²) in [4.78, 5) is 0. The predicted molar refractivity (Wildman–Crippen MR) is 68.4 cm³/mol. The lowest BCUT2D eigenvalue weighted by molar-refractivity contribution is 0.357. The van der Waals surface area contributed by atoms with E-state index in [0.29, 0.717) is 5.92 Å². The summed E-state index contributed by atoms with van der Waals surface area (Å²) in [6.07, 6.45) is 5.00. The predicted octanol–water partition coefficient (Wildman–Crippen LogP) is 2.89. The van der Waals surface area contributed by atoms with Crippen LogP contribution in [0.5, 0.6) is 11.5 Å². The zero-order valence-electron chi connectivity index (χ0n) is 10.6. The highest BCUT2D eigenvalue weighted by atomic mass is 16.5. The highest BCUT2D eigenvalue weighted by molar-refractivity contribution is 5.47. The Bertz CT molecular complexity index is 350. The van der Waals surface area contributed by atoms with Gasteiger partial charge in [0.15, 0.2) is 0 Å². The standard InChI is InChI=1S/C14H21NO2/c1-16-11-8-5-9-12(17-2)13(11)14(15)10-6-3-4-7-10/h5,8-10,14H,3-4,6-7,15H2,1-2H3. The van der Waals surface area contributed by atoms with Gasteiger partial charge >= 0.3 is 0 Å². The Kier molecular flexibility index (Phi) is 3.89. The molecule has 1 aromatic carbocycles. The molecule has 0 aromatic heterocycles. The molecule has 1 unspecified atom stereocenters. The summed E-state index contributed by atoms with van der Waals surface area (Å²) in [5, 5.41) is 0. The third kappa shape index (κ3) is 2.39. The molecule has 0 bridgehead atoms. The summed E-state index contributed by atoms with van der Waals surface area (Å²) in [5.74, 6) is 2.23. The first-order valence-electron chi connectivity index (χ1n) is 6.24. The van der Waals surface area contributed by atoms with E-state index in [0.717, 1.165) is 17.1 Å². The monoisotopic (exact) mass is 235 g/mol. The van der Waals surface area contributed by atoms with E-state index in [2.05, 4.69) is 0 Å². The van der Waals surface area contributed by atoms with Gasteiger partial charge in [-0.3, -0.25) is 0 Å². The van der Waals surface area contributed by atoms with E-state index in [4.69, 9.17) is 15.2 Å². The Labute approximate surface area is 103 Å². The number of hydrogen-bond donors (Lipinski definition) is 1. The van der Waals surface area contributed by atoms with Gasteiger partial charge in [0.25, 0.3) is 0 Å². The molecule has 0 aliphatic heterocycles. The van der Waals surface area contributed by atoms with Gasteiger partial charge in [0.1, 0.15) is 11.5 Å². The Morgan fingerprint density at radius 2 is 1.65 bits per heavy atom. The van der Waals surface area contributed by atoms with Crippen LogP contribution in [-0.2, 0) is 0 Å². The van der Waals surface area contributed by atoms with E-state index in [1.807, 2.05) is 18.2 Å². The van der Waals surface area contributed by atoms with E-state index < -0.39 is 0 Å². The average molecular weight is 235 g/mol. The zero-order chi connectivity index (χ0) is 12.3. The van der Waals surface area contributed by atoms with Gasteiger partial charge in [0.05, 0.1) is 19.8 Å². The highest BCUT2D eigenvalue weighted by Gasteiger charge is 2.27. The topological polar surface area (TPSA) is 44.5 Å². The zero-order valence-corrected chi connectivity index (χ0v) is 10.6. The molecule has 1 atom stereocenters. The number of methoxy groups -OCH3 is 2. The molecule has 2 rings (SSSR count). The van der Waals surface area contributed by atoms with Crippen LogP contribution in [0.3, 0.4) is 0 Å². The first kappa shape index (κ1) is 12.2. The second-order valence-corrected chi connectivity index (χ2v) is 4.65. The van der Waals surface area contributed by atoms with Crippen LogP contribution in [0, 0.1) is 5.92 Å².